The first-order chi connectivity index (χ1) is 7.79. The van der Waals surface area contributed by atoms with Gasteiger partial charge in [0, 0.05) is 34.4 Å². The summed E-state index contributed by atoms with van der Waals surface area (Å²) in [6.07, 6.45) is 2.28. The third-order valence-electron chi connectivity index (χ3n) is 2.71. The molecule has 16 heavy (non-hydrogen) atoms. The molecule has 1 aliphatic rings. The van der Waals surface area contributed by atoms with E-state index in [2.05, 4.69) is 34.1 Å². The van der Waals surface area contributed by atoms with E-state index >= 15 is 0 Å². The molecule has 0 aromatic heterocycles. The van der Waals surface area contributed by atoms with Gasteiger partial charge in [-0.15, -0.1) is 11.8 Å². The highest BCUT2D eigenvalue weighted by molar-refractivity contribution is 9.10. The van der Waals surface area contributed by atoms with E-state index in [-0.39, 0.29) is 0 Å². The first-order valence-corrected chi connectivity index (χ1v) is 7.20. The van der Waals surface area contributed by atoms with Crippen LogP contribution < -0.4 is 5.73 Å². The SMILES string of the molecule is NCc1ccc(Br)cc1SC1CCOCC1. The van der Waals surface area contributed by atoms with Gasteiger partial charge in [-0.1, -0.05) is 22.0 Å². The van der Waals surface area contributed by atoms with E-state index in [0.717, 1.165) is 30.5 Å². The van der Waals surface area contributed by atoms with Crippen LogP contribution in [0.4, 0.5) is 0 Å². The minimum absolute atomic E-state index is 0.610. The smallest absolute Gasteiger partial charge is 0.0476 e. The van der Waals surface area contributed by atoms with Crippen molar-refractivity contribution in [3.63, 3.8) is 0 Å². The molecule has 1 aliphatic heterocycles. The summed E-state index contributed by atoms with van der Waals surface area (Å²) in [4.78, 5) is 1.31. The van der Waals surface area contributed by atoms with Crippen LogP contribution in [0.1, 0.15) is 18.4 Å². The molecule has 0 bridgehead atoms. The van der Waals surface area contributed by atoms with Gasteiger partial charge in [0.1, 0.15) is 0 Å². The van der Waals surface area contributed by atoms with Crippen molar-refractivity contribution in [1.29, 1.82) is 0 Å². The topological polar surface area (TPSA) is 35.2 Å². The van der Waals surface area contributed by atoms with Gasteiger partial charge >= 0.3 is 0 Å². The minimum atomic E-state index is 0.610. The molecule has 0 atom stereocenters. The van der Waals surface area contributed by atoms with Gasteiger partial charge in [-0.3, -0.25) is 0 Å². The predicted octanol–water partition coefficient (Wildman–Crippen LogP) is 3.18. The first kappa shape index (κ1) is 12.4. The number of hydrogen-bond donors (Lipinski definition) is 1. The van der Waals surface area contributed by atoms with Crippen molar-refractivity contribution < 1.29 is 4.74 Å². The van der Waals surface area contributed by atoms with E-state index < -0.39 is 0 Å². The number of benzene rings is 1. The molecule has 0 radical (unpaired) electrons. The van der Waals surface area contributed by atoms with Gasteiger partial charge < -0.3 is 10.5 Å². The maximum absolute atomic E-state index is 5.75. The molecule has 1 heterocycles. The van der Waals surface area contributed by atoms with Crippen molar-refractivity contribution in [3.05, 3.63) is 28.2 Å². The van der Waals surface area contributed by atoms with Crippen LogP contribution in [-0.4, -0.2) is 18.5 Å². The molecule has 88 valence electrons. The lowest BCUT2D eigenvalue weighted by Crippen LogP contribution is -2.17. The van der Waals surface area contributed by atoms with Gasteiger partial charge in [-0.25, -0.2) is 0 Å². The molecule has 2 N–H and O–H groups in total. The fourth-order valence-electron chi connectivity index (χ4n) is 1.78. The zero-order chi connectivity index (χ0) is 11.4. The van der Waals surface area contributed by atoms with Crippen molar-refractivity contribution in [2.45, 2.75) is 29.5 Å². The lowest BCUT2D eigenvalue weighted by molar-refractivity contribution is 0.100. The van der Waals surface area contributed by atoms with E-state index in [1.165, 1.54) is 10.5 Å². The van der Waals surface area contributed by atoms with E-state index in [4.69, 9.17) is 10.5 Å². The van der Waals surface area contributed by atoms with Gasteiger partial charge in [0.15, 0.2) is 0 Å². The lowest BCUT2D eigenvalue weighted by atomic mass is 10.2. The standard InChI is InChI=1S/C12H16BrNOS/c13-10-2-1-9(8-14)12(7-10)16-11-3-5-15-6-4-11/h1-2,7,11H,3-6,8,14H2. The van der Waals surface area contributed by atoms with Gasteiger partial charge in [-0.2, -0.15) is 0 Å². The fourth-order valence-corrected chi connectivity index (χ4v) is 3.58. The third-order valence-corrected chi connectivity index (χ3v) is 4.64. The zero-order valence-electron chi connectivity index (χ0n) is 9.12. The number of nitrogens with two attached hydrogens (primary N) is 1. The van der Waals surface area contributed by atoms with E-state index in [1.807, 2.05) is 11.8 Å². The van der Waals surface area contributed by atoms with Crippen LogP contribution in [0, 0.1) is 0 Å². The van der Waals surface area contributed by atoms with E-state index in [9.17, 15) is 0 Å². The van der Waals surface area contributed by atoms with Crippen LogP contribution in [-0.2, 0) is 11.3 Å². The Labute approximate surface area is 109 Å². The summed E-state index contributed by atoms with van der Waals surface area (Å²) in [5.74, 6) is 0. The fraction of sp³-hybridized carbons (Fsp3) is 0.500. The molecule has 1 saturated heterocycles. The predicted molar refractivity (Wildman–Crippen MR) is 71.7 cm³/mol. The molecule has 2 rings (SSSR count). The average Bonchev–Trinajstić information content (AvgIpc) is 2.31. The molecule has 4 heteroatoms. The Morgan fingerprint density at radius 1 is 1.38 bits per heavy atom. The highest BCUT2D eigenvalue weighted by atomic mass is 79.9. The van der Waals surface area contributed by atoms with Crippen LogP contribution in [0.2, 0.25) is 0 Å². The van der Waals surface area contributed by atoms with Gasteiger partial charge in [-0.05, 0) is 30.5 Å². The lowest BCUT2D eigenvalue weighted by Gasteiger charge is -2.22. The Balaban J connectivity index is 2.09. The maximum Gasteiger partial charge on any atom is 0.0476 e. The molecular weight excluding hydrogens is 286 g/mol. The number of ether oxygens (including phenoxy) is 1. The van der Waals surface area contributed by atoms with Crippen LogP contribution in [0.25, 0.3) is 0 Å². The summed E-state index contributed by atoms with van der Waals surface area (Å²) in [6.45, 7) is 2.39. The van der Waals surface area contributed by atoms with E-state index in [1.54, 1.807) is 0 Å². The van der Waals surface area contributed by atoms with Crippen LogP contribution in [0.5, 0.6) is 0 Å². The molecule has 0 saturated carbocycles. The maximum atomic E-state index is 5.75. The van der Waals surface area contributed by atoms with Crippen molar-refractivity contribution >= 4 is 27.7 Å². The van der Waals surface area contributed by atoms with Crippen LogP contribution in [0.15, 0.2) is 27.6 Å². The number of hydrogen-bond acceptors (Lipinski definition) is 3. The average molecular weight is 302 g/mol. The molecule has 1 aromatic rings. The van der Waals surface area contributed by atoms with Gasteiger partial charge in [0.2, 0.25) is 0 Å². The molecule has 0 amide bonds. The van der Waals surface area contributed by atoms with Crippen molar-refractivity contribution in [2.75, 3.05) is 13.2 Å². The summed E-state index contributed by atoms with van der Waals surface area (Å²) in [6, 6.07) is 6.32. The quantitative estimate of drug-likeness (QED) is 0.931. The zero-order valence-corrected chi connectivity index (χ0v) is 11.5. The van der Waals surface area contributed by atoms with Gasteiger partial charge in [0.25, 0.3) is 0 Å². The summed E-state index contributed by atoms with van der Waals surface area (Å²) >= 11 is 5.45. The Morgan fingerprint density at radius 3 is 2.81 bits per heavy atom. The largest absolute Gasteiger partial charge is 0.381 e. The molecule has 1 aromatic carbocycles. The van der Waals surface area contributed by atoms with Crippen molar-refractivity contribution in [3.8, 4) is 0 Å². The normalized spacial score (nSPS) is 17.6. The Bertz CT molecular complexity index is 353. The summed E-state index contributed by atoms with van der Waals surface area (Å²) < 4.78 is 6.49. The summed E-state index contributed by atoms with van der Waals surface area (Å²) in [7, 11) is 0. The van der Waals surface area contributed by atoms with Crippen LogP contribution >= 0.6 is 27.7 Å². The third kappa shape index (κ3) is 3.23. The highest BCUT2D eigenvalue weighted by Gasteiger charge is 2.16. The minimum Gasteiger partial charge on any atom is -0.381 e. The Kier molecular flexibility index (Phi) is 4.70. The van der Waals surface area contributed by atoms with Crippen molar-refractivity contribution in [2.24, 2.45) is 5.73 Å². The monoisotopic (exact) mass is 301 g/mol. The second kappa shape index (κ2) is 6.05. The highest BCUT2D eigenvalue weighted by Crippen LogP contribution is 2.33. The Morgan fingerprint density at radius 2 is 2.12 bits per heavy atom. The molecule has 1 fully saturated rings. The number of rotatable bonds is 3. The first-order valence-electron chi connectivity index (χ1n) is 5.52. The molecule has 0 spiro atoms. The van der Waals surface area contributed by atoms with Gasteiger partial charge in [0.05, 0.1) is 0 Å². The second-order valence-electron chi connectivity index (χ2n) is 3.89. The van der Waals surface area contributed by atoms with E-state index in [0.29, 0.717) is 11.8 Å². The molecule has 0 unspecified atom stereocenters. The summed E-state index contributed by atoms with van der Waals surface area (Å²) in [5.41, 5.74) is 6.99. The molecular formula is C12H16BrNOS. The number of thioether (sulfide) groups is 1. The Hall–Kier alpha value is -0.0300. The second-order valence-corrected chi connectivity index (χ2v) is 6.14. The molecule has 2 nitrogen and oxygen atoms in total. The number of halogens is 1. The summed E-state index contributed by atoms with van der Waals surface area (Å²) in [5, 5.41) is 0.674. The molecule has 0 aliphatic carbocycles. The van der Waals surface area contributed by atoms with Crippen molar-refractivity contribution in [1.82, 2.24) is 0 Å². The van der Waals surface area contributed by atoms with Crippen LogP contribution in [0.3, 0.4) is 0 Å².